The molecule has 0 spiro atoms. The van der Waals surface area contributed by atoms with Gasteiger partial charge in [-0.1, -0.05) is 6.07 Å². The number of methoxy groups -OCH3 is 1. The highest BCUT2D eigenvalue weighted by Gasteiger charge is 2.05. The summed E-state index contributed by atoms with van der Waals surface area (Å²) >= 11 is 0. The van der Waals surface area contributed by atoms with E-state index < -0.39 is 0 Å². The molecule has 98 valence electrons. The van der Waals surface area contributed by atoms with Crippen LogP contribution in [0.2, 0.25) is 0 Å². The Morgan fingerprint density at radius 3 is 2.89 bits per heavy atom. The van der Waals surface area contributed by atoms with Crippen molar-refractivity contribution in [2.75, 3.05) is 12.4 Å². The third kappa shape index (κ3) is 3.67. The molecule has 0 unspecified atom stereocenters. The van der Waals surface area contributed by atoms with E-state index in [1.54, 1.807) is 43.9 Å². The number of nitrogens with one attached hydrogen (secondary N) is 2. The number of urea groups is 1. The Bertz CT molecular complexity index is 545. The van der Waals surface area contributed by atoms with Crippen molar-refractivity contribution in [2.24, 2.45) is 0 Å². The highest BCUT2D eigenvalue weighted by atomic mass is 16.5. The normalized spacial score (nSPS) is 9.74. The highest BCUT2D eigenvalue weighted by molar-refractivity contribution is 5.88. The first kappa shape index (κ1) is 12.8. The summed E-state index contributed by atoms with van der Waals surface area (Å²) < 4.78 is 5.10. The Labute approximate surface area is 110 Å². The Hall–Kier alpha value is -2.63. The van der Waals surface area contributed by atoms with Gasteiger partial charge in [0, 0.05) is 24.5 Å². The summed E-state index contributed by atoms with van der Waals surface area (Å²) in [6.07, 6.45) is 4.85. The molecule has 2 rings (SSSR count). The van der Waals surface area contributed by atoms with Gasteiger partial charge in [0.15, 0.2) is 0 Å². The van der Waals surface area contributed by atoms with E-state index in [2.05, 4.69) is 20.6 Å². The second-order valence-electron chi connectivity index (χ2n) is 3.72. The first-order chi connectivity index (χ1) is 9.29. The average molecular weight is 258 g/mol. The molecule has 2 aromatic heterocycles. The zero-order valence-electron chi connectivity index (χ0n) is 10.5. The topological polar surface area (TPSA) is 76.1 Å². The maximum absolute atomic E-state index is 11.7. The van der Waals surface area contributed by atoms with E-state index in [0.717, 1.165) is 5.56 Å². The van der Waals surface area contributed by atoms with Crippen LogP contribution in [0.1, 0.15) is 5.56 Å². The molecule has 0 aromatic carbocycles. The van der Waals surface area contributed by atoms with Crippen LogP contribution < -0.4 is 15.4 Å². The largest absolute Gasteiger partial charge is 0.481 e. The highest BCUT2D eigenvalue weighted by Crippen LogP contribution is 2.12. The molecule has 2 amide bonds. The molecule has 6 heteroatoms. The molecule has 0 aliphatic rings. The van der Waals surface area contributed by atoms with Crippen molar-refractivity contribution in [3.8, 4) is 5.88 Å². The molecule has 0 atom stereocenters. The van der Waals surface area contributed by atoms with Crippen molar-refractivity contribution in [3.63, 3.8) is 0 Å². The van der Waals surface area contributed by atoms with Crippen LogP contribution in [-0.4, -0.2) is 23.1 Å². The molecule has 0 saturated carbocycles. The molecule has 19 heavy (non-hydrogen) atoms. The lowest BCUT2D eigenvalue weighted by Gasteiger charge is -2.09. The Morgan fingerprint density at radius 2 is 2.16 bits per heavy atom. The summed E-state index contributed by atoms with van der Waals surface area (Å²) in [5, 5.41) is 5.40. The summed E-state index contributed by atoms with van der Waals surface area (Å²) in [7, 11) is 1.54. The van der Waals surface area contributed by atoms with E-state index in [1.165, 1.54) is 0 Å². The predicted molar refractivity (Wildman–Crippen MR) is 70.9 cm³/mol. The molecule has 0 aliphatic carbocycles. The second kappa shape index (κ2) is 6.34. The fourth-order valence-electron chi connectivity index (χ4n) is 1.53. The number of pyridine rings is 2. The molecule has 0 fully saturated rings. The van der Waals surface area contributed by atoms with E-state index in [0.29, 0.717) is 18.1 Å². The van der Waals surface area contributed by atoms with E-state index in [1.807, 2.05) is 6.07 Å². The third-order valence-electron chi connectivity index (χ3n) is 2.40. The fourth-order valence-corrected chi connectivity index (χ4v) is 1.53. The van der Waals surface area contributed by atoms with Crippen molar-refractivity contribution in [1.29, 1.82) is 0 Å². The van der Waals surface area contributed by atoms with Crippen LogP contribution in [-0.2, 0) is 6.54 Å². The van der Waals surface area contributed by atoms with E-state index in [9.17, 15) is 4.79 Å². The maximum atomic E-state index is 11.7. The molecule has 2 heterocycles. The number of anilines is 1. The molecule has 0 aliphatic heterocycles. The fraction of sp³-hybridized carbons (Fsp3) is 0.154. The lowest BCUT2D eigenvalue weighted by Crippen LogP contribution is -2.28. The quantitative estimate of drug-likeness (QED) is 0.876. The standard InChI is InChI=1S/C13H14N4O2/c1-19-12-10(4-2-7-15-12)8-16-13(18)17-11-5-3-6-14-9-11/h2-7,9H,8H2,1H3,(H2,16,17,18). The summed E-state index contributed by atoms with van der Waals surface area (Å²) in [6.45, 7) is 0.336. The monoisotopic (exact) mass is 258 g/mol. The number of amides is 2. The molecular formula is C13H14N4O2. The zero-order chi connectivity index (χ0) is 13.5. The van der Waals surface area contributed by atoms with Gasteiger partial charge in [-0.15, -0.1) is 0 Å². The minimum Gasteiger partial charge on any atom is -0.481 e. The van der Waals surface area contributed by atoms with Crippen LogP contribution in [0.3, 0.4) is 0 Å². The number of rotatable bonds is 4. The van der Waals surface area contributed by atoms with Gasteiger partial charge in [0.25, 0.3) is 0 Å². The van der Waals surface area contributed by atoms with Gasteiger partial charge in [-0.3, -0.25) is 4.98 Å². The minimum atomic E-state index is -0.307. The Kier molecular flexibility index (Phi) is 4.28. The summed E-state index contributed by atoms with van der Waals surface area (Å²) in [5.41, 5.74) is 1.45. The van der Waals surface area contributed by atoms with Crippen LogP contribution >= 0.6 is 0 Å². The Balaban J connectivity index is 1.90. The predicted octanol–water partition coefficient (Wildman–Crippen LogP) is 1.81. The third-order valence-corrected chi connectivity index (χ3v) is 2.40. The SMILES string of the molecule is COc1ncccc1CNC(=O)Nc1cccnc1. The van der Waals surface area contributed by atoms with Crippen molar-refractivity contribution >= 4 is 11.7 Å². The first-order valence-corrected chi connectivity index (χ1v) is 5.72. The van der Waals surface area contributed by atoms with Crippen molar-refractivity contribution in [2.45, 2.75) is 6.54 Å². The average Bonchev–Trinajstić information content (AvgIpc) is 2.46. The van der Waals surface area contributed by atoms with E-state index >= 15 is 0 Å². The Morgan fingerprint density at radius 1 is 1.32 bits per heavy atom. The van der Waals surface area contributed by atoms with Crippen LogP contribution in [0.15, 0.2) is 42.9 Å². The van der Waals surface area contributed by atoms with E-state index in [4.69, 9.17) is 4.74 Å². The van der Waals surface area contributed by atoms with Crippen LogP contribution in [0.4, 0.5) is 10.5 Å². The van der Waals surface area contributed by atoms with Gasteiger partial charge < -0.3 is 15.4 Å². The number of aromatic nitrogens is 2. The molecule has 2 aromatic rings. The molecule has 0 saturated heterocycles. The molecule has 0 bridgehead atoms. The summed E-state index contributed by atoms with van der Waals surface area (Å²) in [6, 6.07) is 6.84. The van der Waals surface area contributed by atoms with Gasteiger partial charge in [0.05, 0.1) is 19.0 Å². The lowest BCUT2D eigenvalue weighted by molar-refractivity contribution is 0.251. The number of hydrogen-bond acceptors (Lipinski definition) is 4. The number of carbonyl (C=O) groups is 1. The van der Waals surface area contributed by atoms with Gasteiger partial charge in [0.1, 0.15) is 0 Å². The van der Waals surface area contributed by atoms with Gasteiger partial charge in [-0.05, 0) is 18.2 Å². The van der Waals surface area contributed by atoms with Crippen molar-refractivity contribution < 1.29 is 9.53 Å². The van der Waals surface area contributed by atoms with Crippen LogP contribution in [0, 0.1) is 0 Å². The summed E-state index contributed by atoms with van der Waals surface area (Å²) in [5.74, 6) is 0.504. The first-order valence-electron chi connectivity index (χ1n) is 5.72. The number of carbonyl (C=O) groups excluding carboxylic acids is 1. The second-order valence-corrected chi connectivity index (χ2v) is 3.72. The number of ether oxygens (including phenoxy) is 1. The molecule has 6 nitrogen and oxygen atoms in total. The van der Waals surface area contributed by atoms with Crippen LogP contribution in [0.25, 0.3) is 0 Å². The van der Waals surface area contributed by atoms with Crippen molar-refractivity contribution in [1.82, 2.24) is 15.3 Å². The lowest BCUT2D eigenvalue weighted by atomic mass is 10.3. The van der Waals surface area contributed by atoms with Gasteiger partial charge in [-0.2, -0.15) is 0 Å². The van der Waals surface area contributed by atoms with Gasteiger partial charge >= 0.3 is 6.03 Å². The summed E-state index contributed by atoms with van der Waals surface area (Å²) in [4.78, 5) is 19.6. The van der Waals surface area contributed by atoms with Crippen molar-refractivity contribution in [3.05, 3.63) is 48.4 Å². The minimum absolute atomic E-state index is 0.307. The van der Waals surface area contributed by atoms with E-state index in [-0.39, 0.29) is 6.03 Å². The molecular weight excluding hydrogens is 244 g/mol. The van der Waals surface area contributed by atoms with Gasteiger partial charge in [0.2, 0.25) is 5.88 Å². The maximum Gasteiger partial charge on any atom is 0.319 e. The number of nitrogens with zero attached hydrogens (tertiary/aromatic N) is 2. The van der Waals surface area contributed by atoms with Gasteiger partial charge in [-0.25, -0.2) is 9.78 Å². The molecule has 2 N–H and O–H groups in total. The zero-order valence-corrected chi connectivity index (χ0v) is 10.5. The van der Waals surface area contributed by atoms with Crippen LogP contribution in [0.5, 0.6) is 5.88 Å². The number of hydrogen-bond donors (Lipinski definition) is 2. The molecule has 0 radical (unpaired) electrons. The smallest absolute Gasteiger partial charge is 0.319 e.